The summed E-state index contributed by atoms with van der Waals surface area (Å²) >= 11 is 0. The molecule has 5 rings (SSSR count). The highest BCUT2D eigenvalue weighted by atomic mass is 19.4. The summed E-state index contributed by atoms with van der Waals surface area (Å²) in [5, 5.41) is 7.12. The summed E-state index contributed by atoms with van der Waals surface area (Å²) < 4.78 is 37.0. The summed E-state index contributed by atoms with van der Waals surface area (Å²) in [4.78, 5) is 51.4. The smallest absolute Gasteiger partial charge is 0.490 e. The fraction of sp³-hybridized carbons (Fsp3) is 0.280. The SMILES string of the molecule is COc1cccc(CN2C3C=CC(=O)C2C2C(=O)N(c4ccccc4)C(=O)C23)c1.O=C(O)C(F)(F)F. The van der Waals surface area contributed by atoms with E-state index in [-0.39, 0.29) is 23.6 Å². The predicted octanol–water partition coefficient (Wildman–Crippen LogP) is 2.83. The molecule has 11 heteroatoms. The fourth-order valence-corrected chi connectivity index (χ4v) is 4.88. The molecular weight excluding hydrogens is 481 g/mol. The maximum Gasteiger partial charge on any atom is 0.490 e. The van der Waals surface area contributed by atoms with Gasteiger partial charge in [-0.3, -0.25) is 19.3 Å². The number of fused-ring (bicyclic) bond motifs is 5. The van der Waals surface area contributed by atoms with Crippen molar-refractivity contribution in [3.63, 3.8) is 0 Å². The molecule has 188 valence electrons. The van der Waals surface area contributed by atoms with Crippen LogP contribution in [0.4, 0.5) is 18.9 Å². The van der Waals surface area contributed by atoms with Crippen LogP contribution in [-0.2, 0) is 25.7 Å². The topological polar surface area (TPSA) is 104 Å². The second kappa shape index (κ2) is 9.57. The molecule has 8 nitrogen and oxygen atoms in total. The van der Waals surface area contributed by atoms with Crippen LogP contribution < -0.4 is 9.64 Å². The van der Waals surface area contributed by atoms with Gasteiger partial charge in [-0.05, 0) is 35.9 Å². The van der Waals surface area contributed by atoms with E-state index in [9.17, 15) is 27.6 Å². The van der Waals surface area contributed by atoms with Gasteiger partial charge in [-0.25, -0.2) is 9.69 Å². The summed E-state index contributed by atoms with van der Waals surface area (Å²) in [6, 6.07) is 15.7. The quantitative estimate of drug-likeness (QED) is 0.642. The Morgan fingerprint density at radius 1 is 1.00 bits per heavy atom. The molecule has 3 heterocycles. The molecule has 4 atom stereocenters. The van der Waals surface area contributed by atoms with Crippen molar-refractivity contribution in [1.29, 1.82) is 0 Å². The van der Waals surface area contributed by atoms with Gasteiger partial charge in [-0.15, -0.1) is 0 Å². The number of para-hydroxylation sites is 1. The number of alkyl halides is 3. The lowest BCUT2D eigenvalue weighted by Gasteiger charge is -2.33. The molecule has 2 amide bonds. The minimum atomic E-state index is -5.08. The molecule has 1 N–H and O–H groups in total. The van der Waals surface area contributed by atoms with E-state index in [0.29, 0.717) is 12.2 Å². The number of anilines is 1. The van der Waals surface area contributed by atoms with Crippen molar-refractivity contribution in [2.45, 2.75) is 24.8 Å². The summed E-state index contributed by atoms with van der Waals surface area (Å²) in [6.45, 7) is 0.474. The number of nitrogens with zero attached hydrogens (tertiary/aromatic N) is 2. The molecule has 2 aromatic rings. The molecule has 0 saturated carbocycles. The Kier molecular flexibility index (Phi) is 6.68. The monoisotopic (exact) mass is 502 g/mol. The van der Waals surface area contributed by atoms with E-state index in [1.165, 1.54) is 11.0 Å². The van der Waals surface area contributed by atoms with Crippen LogP contribution >= 0.6 is 0 Å². The van der Waals surface area contributed by atoms with Gasteiger partial charge in [0.15, 0.2) is 5.78 Å². The Balaban J connectivity index is 0.000000384. The first-order valence-electron chi connectivity index (χ1n) is 10.9. The molecule has 4 unspecified atom stereocenters. The van der Waals surface area contributed by atoms with Crippen LogP contribution in [0.1, 0.15) is 5.56 Å². The Labute approximate surface area is 203 Å². The van der Waals surface area contributed by atoms with E-state index in [4.69, 9.17) is 14.6 Å². The van der Waals surface area contributed by atoms with Crippen molar-refractivity contribution < 1.29 is 42.2 Å². The molecule has 2 fully saturated rings. The van der Waals surface area contributed by atoms with Crippen molar-refractivity contribution >= 4 is 29.3 Å². The number of hydrogen-bond acceptors (Lipinski definition) is 6. The number of benzene rings is 2. The summed E-state index contributed by atoms with van der Waals surface area (Å²) in [6.07, 6.45) is -1.77. The zero-order valence-electron chi connectivity index (χ0n) is 18.9. The van der Waals surface area contributed by atoms with E-state index in [1.54, 1.807) is 37.5 Å². The molecular formula is C25H21F3N2O6. The van der Waals surface area contributed by atoms with Crippen molar-refractivity contribution in [3.05, 3.63) is 72.3 Å². The summed E-state index contributed by atoms with van der Waals surface area (Å²) in [5.74, 6) is -3.85. The highest BCUT2D eigenvalue weighted by Crippen LogP contribution is 2.47. The zero-order valence-corrected chi connectivity index (χ0v) is 18.9. The van der Waals surface area contributed by atoms with Gasteiger partial charge < -0.3 is 9.84 Å². The van der Waals surface area contributed by atoms with E-state index in [2.05, 4.69) is 0 Å². The first-order chi connectivity index (χ1) is 17.0. The Bertz CT molecular complexity index is 1230. The van der Waals surface area contributed by atoms with Crippen LogP contribution in [0.5, 0.6) is 5.75 Å². The number of hydrogen-bond donors (Lipinski definition) is 1. The number of amides is 2. The second-order valence-corrected chi connectivity index (χ2v) is 8.42. The highest BCUT2D eigenvalue weighted by Gasteiger charge is 2.64. The Morgan fingerprint density at radius 3 is 2.25 bits per heavy atom. The number of methoxy groups -OCH3 is 1. The van der Waals surface area contributed by atoms with Crippen molar-refractivity contribution in [2.24, 2.45) is 11.8 Å². The van der Waals surface area contributed by atoms with Gasteiger partial charge in [0.05, 0.1) is 30.7 Å². The molecule has 2 saturated heterocycles. The number of imide groups is 1. The number of rotatable bonds is 4. The molecule has 0 spiro atoms. The molecule has 0 aliphatic carbocycles. The fourth-order valence-electron chi connectivity index (χ4n) is 4.88. The Morgan fingerprint density at radius 2 is 1.64 bits per heavy atom. The second-order valence-electron chi connectivity index (χ2n) is 8.42. The third-order valence-electron chi connectivity index (χ3n) is 6.35. The van der Waals surface area contributed by atoms with Crippen LogP contribution in [0.15, 0.2) is 66.7 Å². The maximum atomic E-state index is 13.3. The number of carbonyl (C=O) groups is 4. The molecule has 3 aliphatic rings. The number of ether oxygens (including phenoxy) is 1. The molecule has 3 aliphatic heterocycles. The minimum absolute atomic E-state index is 0.118. The predicted molar refractivity (Wildman–Crippen MR) is 120 cm³/mol. The van der Waals surface area contributed by atoms with Crippen LogP contribution in [0.2, 0.25) is 0 Å². The van der Waals surface area contributed by atoms with Gasteiger partial charge in [0.1, 0.15) is 5.75 Å². The van der Waals surface area contributed by atoms with Gasteiger partial charge in [0.25, 0.3) is 0 Å². The van der Waals surface area contributed by atoms with E-state index in [0.717, 1.165) is 11.3 Å². The van der Waals surface area contributed by atoms with Gasteiger partial charge in [0, 0.05) is 12.6 Å². The third kappa shape index (κ3) is 4.49. The Hall–Kier alpha value is -3.99. The number of halogens is 3. The first-order valence-corrected chi connectivity index (χ1v) is 10.9. The van der Waals surface area contributed by atoms with Gasteiger partial charge in [-0.2, -0.15) is 13.2 Å². The zero-order chi connectivity index (χ0) is 26.2. The van der Waals surface area contributed by atoms with Crippen molar-refractivity contribution in [3.8, 4) is 5.75 Å². The number of carboxylic acids is 1. The largest absolute Gasteiger partial charge is 0.497 e. The van der Waals surface area contributed by atoms with E-state index < -0.39 is 30.0 Å². The average Bonchev–Trinajstić information content (AvgIpc) is 3.23. The lowest BCUT2D eigenvalue weighted by Crippen LogP contribution is -2.48. The van der Waals surface area contributed by atoms with E-state index in [1.807, 2.05) is 35.2 Å². The summed E-state index contributed by atoms with van der Waals surface area (Å²) in [7, 11) is 1.61. The third-order valence-corrected chi connectivity index (χ3v) is 6.35. The highest BCUT2D eigenvalue weighted by molar-refractivity contribution is 6.24. The number of aliphatic carboxylic acids is 1. The van der Waals surface area contributed by atoms with Crippen LogP contribution in [0, 0.1) is 11.8 Å². The number of ketones is 1. The van der Waals surface area contributed by atoms with E-state index >= 15 is 0 Å². The average molecular weight is 502 g/mol. The van der Waals surface area contributed by atoms with Crippen molar-refractivity contribution in [1.82, 2.24) is 4.90 Å². The van der Waals surface area contributed by atoms with Crippen molar-refractivity contribution in [2.75, 3.05) is 12.0 Å². The normalized spacial score (nSPS) is 24.9. The van der Waals surface area contributed by atoms with Crippen LogP contribution in [-0.4, -0.2) is 58.9 Å². The van der Waals surface area contributed by atoms with Crippen LogP contribution in [0.25, 0.3) is 0 Å². The van der Waals surface area contributed by atoms with Crippen LogP contribution in [0.3, 0.4) is 0 Å². The van der Waals surface area contributed by atoms with Gasteiger partial charge in [0.2, 0.25) is 11.8 Å². The molecule has 2 aromatic carbocycles. The summed E-state index contributed by atoms with van der Waals surface area (Å²) in [5.41, 5.74) is 1.54. The maximum absolute atomic E-state index is 13.3. The number of carbonyl (C=O) groups excluding carboxylic acids is 3. The standard InChI is InChI=1S/C23H20N2O4.C2HF3O2/c1-29-16-9-5-6-14(12-16)13-24-17-10-11-18(26)21(24)20-19(17)22(27)25(23(20)28)15-7-3-2-4-8-15;3-2(4,5)1(6)7/h2-12,17,19-21H,13H2,1H3;(H,6,7). The molecule has 36 heavy (non-hydrogen) atoms. The van der Waals surface area contributed by atoms with Gasteiger partial charge in [-0.1, -0.05) is 36.4 Å². The minimum Gasteiger partial charge on any atom is -0.497 e. The first kappa shape index (κ1) is 25.1. The molecule has 0 aromatic heterocycles. The van der Waals surface area contributed by atoms with Gasteiger partial charge >= 0.3 is 12.1 Å². The number of carboxylic acid groups (broad SMARTS) is 1. The lowest BCUT2D eigenvalue weighted by atomic mass is 9.90. The molecule has 0 radical (unpaired) electrons. The lowest BCUT2D eigenvalue weighted by molar-refractivity contribution is -0.192. The molecule has 2 bridgehead atoms.